The summed E-state index contributed by atoms with van der Waals surface area (Å²) in [5.41, 5.74) is 0. The molecular formula is C11H15O3. The van der Waals surface area contributed by atoms with Crippen molar-refractivity contribution < 1.29 is 14.2 Å². The Labute approximate surface area is 84.6 Å². The van der Waals surface area contributed by atoms with Gasteiger partial charge in [0.1, 0.15) is 0 Å². The van der Waals surface area contributed by atoms with E-state index in [0.29, 0.717) is 17.2 Å². The third-order valence-corrected chi connectivity index (χ3v) is 1.69. The SMILES string of the molecule is [CH2]C(C)Oc1cccc(OC)c1OC. The van der Waals surface area contributed by atoms with E-state index in [-0.39, 0.29) is 6.10 Å². The van der Waals surface area contributed by atoms with Crippen molar-refractivity contribution in [3.8, 4) is 17.2 Å². The molecule has 0 aromatic heterocycles. The van der Waals surface area contributed by atoms with Crippen LogP contribution in [0.5, 0.6) is 17.2 Å². The maximum atomic E-state index is 5.46. The monoisotopic (exact) mass is 195 g/mol. The smallest absolute Gasteiger partial charge is 0.203 e. The lowest BCUT2D eigenvalue weighted by molar-refractivity contribution is 0.247. The van der Waals surface area contributed by atoms with Gasteiger partial charge >= 0.3 is 0 Å². The summed E-state index contributed by atoms with van der Waals surface area (Å²) in [7, 11) is 3.17. The van der Waals surface area contributed by atoms with Crippen LogP contribution in [0.15, 0.2) is 18.2 Å². The summed E-state index contributed by atoms with van der Waals surface area (Å²) in [6.45, 7) is 5.61. The molecule has 0 heterocycles. The molecule has 1 aromatic rings. The number of benzene rings is 1. The predicted octanol–water partition coefficient (Wildman–Crippen LogP) is 2.31. The minimum absolute atomic E-state index is 0.129. The number of hydrogen-bond acceptors (Lipinski definition) is 3. The molecule has 0 aliphatic carbocycles. The van der Waals surface area contributed by atoms with Crippen molar-refractivity contribution in [3.05, 3.63) is 25.1 Å². The predicted molar refractivity (Wildman–Crippen MR) is 55.0 cm³/mol. The number of para-hydroxylation sites is 1. The van der Waals surface area contributed by atoms with Crippen molar-refractivity contribution in [2.24, 2.45) is 0 Å². The van der Waals surface area contributed by atoms with Crippen molar-refractivity contribution in [1.82, 2.24) is 0 Å². The molecule has 0 bridgehead atoms. The van der Waals surface area contributed by atoms with Gasteiger partial charge in [-0.1, -0.05) is 6.07 Å². The molecule has 0 saturated carbocycles. The largest absolute Gasteiger partial charge is 0.493 e. The zero-order valence-electron chi connectivity index (χ0n) is 8.74. The molecule has 0 N–H and O–H groups in total. The van der Waals surface area contributed by atoms with E-state index in [1.54, 1.807) is 14.2 Å². The molecular weight excluding hydrogens is 180 g/mol. The summed E-state index contributed by atoms with van der Waals surface area (Å²) in [6.07, 6.45) is -0.129. The maximum Gasteiger partial charge on any atom is 0.203 e. The Balaban J connectivity index is 3.02. The fourth-order valence-electron chi connectivity index (χ4n) is 1.17. The standard InChI is InChI=1S/C11H15O3/c1-8(2)14-10-7-5-6-9(12-3)11(10)13-4/h5-8H,1H2,2-4H3. The van der Waals surface area contributed by atoms with E-state index < -0.39 is 0 Å². The number of rotatable bonds is 4. The van der Waals surface area contributed by atoms with Gasteiger partial charge in [0.15, 0.2) is 11.5 Å². The first-order valence-corrected chi connectivity index (χ1v) is 4.39. The van der Waals surface area contributed by atoms with Crippen LogP contribution in [-0.4, -0.2) is 20.3 Å². The van der Waals surface area contributed by atoms with Gasteiger partial charge in [0.25, 0.3) is 0 Å². The Bertz CT molecular complexity index is 295. The Kier molecular flexibility index (Phi) is 3.63. The second kappa shape index (κ2) is 4.74. The highest BCUT2D eigenvalue weighted by Gasteiger charge is 2.11. The fraction of sp³-hybridized carbons (Fsp3) is 0.364. The summed E-state index contributed by atoms with van der Waals surface area (Å²) in [4.78, 5) is 0. The van der Waals surface area contributed by atoms with Crippen molar-refractivity contribution >= 4 is 0 Å². The van der Waals surface area contributed by atoms with Crippen molar-refractivity contribution in [1.29, 1.82) is 0 Å². The average molecular weight is 195 g/mol. The van der Waals surface area contributed by atoms with E-state index in [1.165, 1.54) is 0 Å². The molecule has 14 heavy (non-hydrogen) atoms. The number of methoxy groups -OCH3 is 2. The molecule has 1 atom stereocenters. The van der Waals surface area contributed by atoms with Crippen LogP contribution in [0.1, 0.15) is 6.92 Å². The molecule has 3 heteroatoms. The summed E-state index contributed by atoms with van der Waals surface area (Å²) in [5, 5.41) is 0. The van der Waals surface area contributed by atoms with Gasteiger partial charge in [-0.3, -0.25) is 0 Å². The molecule has 1 aromatic carbocycles. The first kappa shape index (κ1) is 10.7. The molecule has 1 radical (unpaired) electrons. The minimum Gasteiger partial charge on any atom is -0.493 e. The van der Waals surface area contributed by atoms with Crippen LogP contribution in [0.2, 0.25) is 0 Å². The molecule has 1 rings (SSSR count). The molecule has 77 valence electrons. The van der Waals surface area contributed by atoms with E-state index >= 15 is 0 Å². The highest BCUT2D eigenvalue weighted by Crippen LogP contribution is 2.36. The average Bonchev–Trinajstić information content (AvgIpc) is 2.16. The normalized spacial score (nSPS) is 10.1. The minimum atomic E-state index is -0.129. The van der Waals surface area contributed by atoms with Crippen molar-refractivity contribution in [2.75, 3.05) is 14.2 Å². The second-order valence-electron chi connectivity index (χ2n) is 2.92. The maximum absolute atomic E-state index is 5.46. The highest BCUT2D eigenvalue weighted by atomic mass is 16.5. The van der Waals surface area contributed by atoms with E-state index in [0.717, 1.165) is 0 Å². The van der Waals surface area contributed by atoms with Gasteiger partial charge in [0.05, 0.1) is 20.3 Å². The Hall–Kier alpha value is -1.38. The molecule has 0 saturated heterocycles. The third-order valence-electron chi connectivity index (χ3n) is 1.69. The van der Waals surface area contributed by atoms with Gasteiger partial charge in [-0.2, -0.15) is 0 Å². The Morgan fingerprint density at radius 3 is 2.29 bits per heavy atom. The summed E-state index contributed by atoms with van der Waals surface area (Å²) in [5.74, 6) is 1.91. The molecule has 0 aliphatic heterocycles. The van der Waals surface area contributed by atoms with Gasteiger partial charge in [-0.15, -0.1) is 0 Å². The molecule has 0 amide bonds. The van der Waals surface area contributed by atoms with Gasteiger partial charge in [0.2, 0.25) is 5.75 Å². The molecule has 0 fully saturated rings. The highest BCUT2D eigenvalue weighted by molar-refractivity contribution is 5.51. The molecule has 0 spiro atoms. The van der Waals surface area contributed by atoms with Gasteiger partial charge in [-0.05, 0) is 26.0 Å². The summed E-state index contributed by atoms with van der Waals surface area (Å²) >= 11 is 0. The number of hydrogen-bond donors (Lipinski definition) is 0. The first-order valence-electron chi connectivity index (χ1n) is 4.39. The third kappa shape index (κ3) is 2.31. The van der Waals surface area contributed by atoms with Crippen LogP contribution < -0.4 is 14.2 Å². The van der Waals surface area contributed by atoms with Crippen LogP contribution >= 0.6 is 0 Å². The topological polar surface area (TPSA) is 27.7 Å². The van der Waals surface area contributed by atoms with Crippen LogP contribution in [0.4, 0.5) is 0 Å². The van der Waals surface area contributed by atoms with Crippen LogP contribution in [0, 0.1) is 6.92 Å². The molecule has 0 aliphatic rings. The van der Waals surface area contributed by atoms with E-state index in [4.69, 9.17) is 14.2 Å². The van der Waals surface area contributed by atoms with Crippen LogP contribution in [-0.2, 0) is 0 Å². The quantitative estimate of drug-likeness (QED) is 0.737. The summed E-state index contributed by atoms with van der Waals surface area (Å²) in [6, 6.07) is 5.49. The molecule has 3 nitrogen and oxygen atoms in total. The lowest BCUT2D eigenvalue weighted by Crippen LogP contribution is -2.07. The van der Waals surface area contributed by atoms with E-state index in [1.807, 2.05) is 25.1 Å². The zero-order chi connectivity index (χ0) is 10.6. The summed E-state index contributed by atoms with van der Waals surface area (Å²) < 4.78 is 15.8. The zero-order valence-corrected chi connectivity index (χ0v) is 8.74. The van der Waals surface area contributed by atoms with Gasteiger partial charge < -0.3 is 14.2 Å². The van der Waals surface area contributed by atoms with E-state index in [9.17, 15) is 0 Å². The molecule has 1 unspecified atom stereocenters. The first-order chi connectivity index (χ1) is 6.69. The second-order valence-corrected chi connectivity index (χ2v) is 2.92. The van der Waals surface area contributed by atoms with Crippen molar-refractivity contribution in [2.45, 2.75) is 13.0 Å². The van der Waals surface area contributed by atoms with Gasteiger partial charge in [0, 0.05) is 0 Å². The lowest BCUT2D eigenvalue weighted by atomic mass is 10.3. The number of ether oxygens (including phenoxy) is 3. The van der Waals surface area contributed by atoms with Gasteiger partial charge in [-0.25, -0.2) is 0 Å². The van der Waals surface area contributed by atoms with Crippen LogP contribution in [0.25, 0.3) is 0 Å². The van der Waals surface area contributed by atoms with Crippen LogP contribution in [0.3, 0.4) is 0 Å². The van der Waals surface area contributed by atoms with Crippen molar-refractivity contribution in [3.63, 3.8) is 0 Å². The van der Waals surface area contributed by atoms with E-state index in [2.05, 4.69) is 6.92 Å². The Morgan fingerprint density at radius 2 is 1.79 bits per heavy atom. The Morgan fingerprint density at radius 1 is 1.14 bits per heavy atom. The lowest BCUT2D eigenvalue weighted by Gasteiger charge is -2.15. The fourth-order valence-corrected chi connectivity index (χ4v) is 1.17.